The van der Waals surface area contributed by atoms with Gasteiger partial charge in [-0.05, 0) is 67.1 Å². The number of rotatable bonds is 8. The Kier molecular flexibility index (Phi) is 7.80. The molecular formula is C34H31N3O2. The first-order chi connectivity index (χ1) is 19.0. The van der Waals surface area contributed by atoms with Crippen molar-refractivity contribution in [2.45, 2.75) is 27.4 Å². The quantitative estimate of drug-likeness (QED) is 0.123. The number of aryl methyl sites for hydroxylation is 3. The summed E-state index contributed by atoms with van der Waals surface area (Å²) in [6.45, 7) is 6.32. The van der Waals surface area contributed by atoms with Gasteiger partial charge in [0.25, 0.3) is 0 Å². The summed E-state index contributed by atoms with van der Waals surface area (Å²) >= 11 is 0. The number of nitrogens with zero attached hydrogens (tertiary/aromatic N) is 2. The number of benzene rings is 5. The summed E-state index contributed by atoms with van der Waals surface area (Å²) in [6.07, 6.45) is 4.16. The first-order valence-corrected chi connectivity index (χ1v) is 12.9. The van der Waals surface area contributed by atoms with Crippen LogP contribution in [0.25, 0.3) is 22.9 Å². The lowest BCUT2D eigenvalue weighted by Gasteiger charge is -2.13. The van der Waals surface area contributed by atoms with Gasteiger partial charge in [0.2, 0.25) is 0 Å². The minimum Gasteiger partial charge on any atom is -0.505 e. The van der Waals surface area contributed by atoms with Gasteiger partial charge >= 0.3 is 0 Å². The fourth-order valence-electron chi connectivity index (χ4n) is 4.34. The Morgan fingerprint density at radius 3 is 2.13 bits per heavy atom. The number of hydrogen-bond donors (Lipinski definition) is 2. The Labute approximate surface area is 229 Å². The third-order valence-corrected chi connectivity index (χ3v) is 6.57. The Bertz CT molecular complexity index is 1650. The van der Waals surface area contributed by atoms with Crippen molar-refractivity contribution in [3.8, 4) is 5.75 Å². The SMILES string of the molecule is Cc1ccc(C=Cc2ccc(N=Nc3c(O)c(CONc4ccc(C)cc4C)cc4ccccc34)cc2)cc1. The summed E-state index contributed by atoms with van der Waals surface area (Å²) in [6, 6.07) is 32.1. The highest BCUT2D eigenvalue weighted by atomic mass is 16.6. The zero-order valence-corrected chi connectivity index (χ0v) is 22.3. The second kappa shape index (κ2) is 11.8. The van der Waals surface area contributed by atoms with Gasteiger partial charge < -0.3 is 5.11 Å². The largest absolute Gasteiger partial charge is 0.505 e. The number of nitrogens with one attached hydrogen (secondary N) is 1. The van der Waals surface area contributed by atoms with Crippen LogP contribution in [0.1, 0.15) is 33.4 Å². The topological polar surface area (TPSA) is 66.2 Å². The number of fused-ring (bicyclic) bond motifs is 1. The van der Waals surface area contributed by atoms with E-state index in [1.54, 1.807) is 0 Å². The highest BCUT2D eigenvalue weighted by molar-refractivity contribution is 5.96. The molecule has 0 amide bonds. The highest BCUT2D eigenvalue weighted by Crippen LogP contribution is 2.39. The lowest BCUT2D eigenvalue weighted by atomic mass is 10.0. The Morgan fingerprint density at radius 1 is 0.744 bits per heavy atom. The smallest absolute Gasteiger partial charge is 0.149 e. The van der Waals surface area contributed by atoms with Gasteiger partial charge in [0.05, 0.1) is 11.4 Å². The van der Waals surface area contributed by atoms with Gasteiger partial charge in [0, 0.05) is 10.9 Å². The van der Waals surface area contributed by atoms with Crippen molar-refractivity contribution < 1.29 is 9.94 Å². The van der Waals surface area contributed by atoms with Crippen molar-refractivity contribution in [3.05, 3.63) is 130 Å². The lowest BCUT2D eigenvalue weighted by molar-refractivity contribution is 0.177. The summed E-state index contributed by atoms with van der Waals surface area (Å²) in [5.74, 6) is 0.0533. The Hall–Kier alpha value is -4.74. The van der Waals surface area contributed by atoms with Crippen molar-refractivity contribution in [3.63, 3.8) is 0 Å². The molecule has 0 unspecified atom stereocenters. The summed E-state index contributed by atoms with van der Waals surface area (Å²) in [4.78, 5) is 5.76. The molecule has 0 spiro atoms. The molecule has 194 valence electrons. The van der Waals surface area contributed by atoms with Crippen LogP contribution in [0.3, 0.4) is 0 Å². The molecule has 0 heterocycles. The summed E-state index contributed by atoms with van der Waals surface area (Å²) in [5, 5.41) is 21.8. The molecule has 5 aromatic rings. The van der Waals surface area contributed by atoms with E-state index >= 15 is 0 Å². The Morgan fingerprint density at radius 2 is 1.41 bits per heavy atom. The van der Waals surface area contributed by atoms with Crippen LogP contribution in [0.4, 0.5) is 17.1 Å². The maximum atomic E-state index is 11.1. The van der Waals surface area contributed by atoms with Gasteiger partial charge in [-0.3, -0.25) is 10.3 Å². The average Bonchev–Trinajstić information content (AvgIpc) is 2.94. The van der Waals surface area contributed by atoms with Gasteiger partial charge in [-0.1, -0.05) is 96.1 Å². The molecule has 2 N–H and O–H groups in total. The fraction of sp³-hybridized carbons (Fsp3) is 0.118. The van der Waals surface area contributed by atoms with E-state index in [9.17, 15) is 5.11 Å². The van der Waals surface area contributed by atoms with Crippen molar-refractivity contribution in [2.75, 3.05) is 5.48 Å². The van der Waals surface area contributed by atoms with Gasteiger partial charge in [0.15, 0.2) is 0 Å². The predicted octanol–water partition coefficient (Wildman–Crippen LogP) is 9.60. The highest BCUT2D eigenvalue weighted by Gasteiger charge is 2.13. The van der Waals surface area contributed by atoms with E-state index in [0.29, 0.717) is 16.9 Å². The average molecular weight is 514 g/mol. The van der Waals surface area contributed by atoms with E-state index in [2.05, 4.69) is 72.0 Å². The van der Waals surface area contributed by atoms with Crippen LogP contribution in [-0.4, -0.2) is 5.11 Å². The molecule has 0 saturated carbocycles. The summed E-state index contributed by atoms with van der Waals surface area (Å²) in [7, 11) is 0. The maximum absolute atomic E-state index is 11.1. The molecule has 5 rings (SSSR count). The van der Waals surface area contributed by atoms with Crippen LogP contribution in [0.5, 0.6) is 5.75 Å². The molecule has 5 nitrogen and oxygen atoms in total. The van der Waals surface area contributed by atoms with Gasteiger partial charge in [-0.15, -0.1) is 5.11 Å². The van der Waals surface area contributed by atoms with Gasteiger partial charge in [-0.2, -0.15) is 5.11 Å². The minimum atomic E-state index is 0.0533. The molecule has 0 aliphatic rings. The number of hydrogen-bond acceptors (Lipinski definition) is 5. The van der Waals surface area contributed by atoms with E-state index in [-0.39, 0.29) is 12.4 Å². The van der Waals surface area contributed by atoms with Crippen molar-refractivity contribution >= 4 is 40.0 Å². The fourth-order valence-corrected chi connectivity index (χ4v) is 4.34. The zero-order chi connectivity index (χ0) is 27.2. The molecule has 0 saturated heterocycles. The van der Waals surface area contributed by atoms with Crippen molar-refractivity contribution in [1.29, 1.82) is 0 Å². The lowest BCUT2D eigenvalue weighted by Crippen LogP contribution is -2.03. The molecule has 0 fully saturated rings. The normalized spacial score (nSPS) is 11.6. The van der Waals surface area contributed by atoms with Crippen LogP contribution in [0, 0.1) is 20.8 Å². The number of azo groups is 1. The van der Waals surface area contributed by atoms with Gasteiger partial charge in [-0.25, -0.2) is 0 Å². The molecule has 0 aliphatic heterocycles. The van der Waals surface area contributed by atoms with Crippen LogP contribution < -0.4 is 5.48 Å². The van der Waals surface area contributed by atoms with Gasteiger partial charge in [0.1, 0.15) is 18.0 Å². The molecule has 39 heavy (non-hydrogen) atoms. The molecule has 0 aliphatic carbocycles. The maximum Gasteiger partial charge on any atom is 0.149 e. The molecule has 0 aromatic heterocycles. The van der Waals surface area contributed by atoms with E-state index in [0.717, 1.165) is 33.2 Å². The second-order valence-electron chi connectivity index (χ2n) is 9.70. The molecule has 5 aromatic carbocycles. The van der Waals surface area contributed by atoms with Crippen LogP contribution >= 0.6 is 0 Å². The van der Waals surface area contributed by atoms with Crippen LogP contribution in [0.2, 0.25) is 0 Å². The van der Waals surface area contributed by atoms with E-state index in [1.165, 1.54) is 11.1 Å². The molecule has 0 bridgehead atoms. The van der Waals surface area contributed by atoms with E-state index in [1.807, 2.05) is 73.7 Å². The third kappa shape index (κ3) is 6.40. The van der Waals surface area contributed by atoms with Crippen molar-refractivity contribution in [1.82, 2.24) is 0 Å². The van der Waals surface area contributed by atoms with E-state index in [4.69, 9.17) is 4.84 Å². The van der Waals surface area contributed by atoms with Crippen molar-refractivity contribution in [2.24, 2.45) is 10.2 Å². The number of anilines is 1. The summed E-state index contributed by atoms with van der Waals surface area (Å²) < 4.78 is 0. The zero-order valence-electron chi connectivity index (χ0n) is 22.3. The predicted molar refractivity (Wildman–Crippen MR) is 161 cm³/mol. The second-order valence-corrected chi connectivity index (χ2v) is 9.70. The Balaban J connectivity index is 1.34. The third-order valence-electron chi connectivity index (χ3n) is 6.57. The number of phenolic OH excluding ortho intramolecular Hbond substituents is 1. The van der Waals surface area contributed by atoms with Crippen LogP contribution in [0.15, 0.2) is 107 Å². The molecule has 0 atom stereocenters. The molecular weight excluding hydrogens is 482 g/mol. The first kappa shape index (κ1) is 25.9. The first-order valence-electron chi connectivity index (χ1n) is 12.9. The van der Waals surface area contributed by atoms with Crippen LogP contribution in [-0.2, 0) is 11.4 Å². The number of aromatic hydroxyl groups is 1. The number of phenols is 1. The standard InChI is InChI=1S/C34H31N3O2/c1-23-8-11-26(12-9-23)13-14-27-15-17-30(18-16-27)35-36-33-31-7-5-4-6-28(31)21-29(34(33)38)22-39-37-32-19-10-24(2)20-25(32)3/h4-21,37-38H,22H2,1-3H3. The van der Waals surface area contributed by atoms with E-state index < -0.39 is 0 Å². The molecule has 5 heteroatoms. The monoisotopic (exact) mass is 513 g/mol. The summed E-state index contributed by atoms with van der Waals surface area (Å²) in [5.41, 5.74) is 11.4. The minimum absolute atomic E-state index is 0.0533. The molecule has 0 radical (unpaired) electrons.